The zero-order chi connectivity index (χ0) is 32.0. The summed E-state index contributed by atoms with van der Waals surface area (Å²) in [7, 11) is 0. The lowest BCUT2D eigenvalue weighted by molar-refractivity contribution is -0.148. The molecule has 0 saturated carbocycles. The van der Waals surface area contributed by atoms with E-state index >= 15 is 0 Å². The Labute approximate surface area is 250 Å². The van der Waals surface area contributed by atoms with E-state index in [9.17, 15) is 19.2 Å². The minimum Gasteiger partial charge on any atom is -0.444 e. The average Bonchev–Trinajstić information content (AvgIpc) is 2.87. The van der Waals surface area contributed by atoms with Gasteiger partial charge in [-0.3, -0.25) is 14.4 Å². The van der Waals surface area contributed by atoms with Crippen LogP contribution in [0.25, 0.3) is 0 Å². The van der Waals surface area contributed by atoms with Gasteiger partial charge in [0, 0.05) is 17.6 Å². The maximum Gasteiger partial charge on any atom is 0.408 e. The molecule has 0 fully saturated rings. The molecule has 0 aliphatic heterocycles. The first kappa shape index (κ1) is 34.3. The summed E-state index contributed by atoms with van der Waals surface area (Å²) in [6, 6.07) is 9.20. The maximum absolute atomic E-state index is 14.6. The molecule has 2 aromatic carbocycles. The van der Waals surface area contributed by atoms with Gasteiger partial charge in [-0.25, -0.2) is 4.79 Å². The Morgan fingerprint density at radius 3 is 1.98 bits per heavy atom. The summed E-state index contributed by atoms with van der Waals surface area (Å²) in [4.78, 5) is 55.1. The van der Waals surface area contributed by atoms with Crippen LogP contribution in [0, 0.1) is 27.7 Å². The van der Waals surface area contributed by atoms with Crippen LogP contribution in [-0.4, -0.2) is 45.9 Å². The molecule has 0 spiro atoms. The van der Waals surface area contributed by atoms with Gasteiger partial charge in [0.15, 0.2) is 0 Å². The number of benzene rings is 2. The second-order valence-corrected chi connectivity index (χ2v) is 12.5. The van der Waals surface area contributed by atoms with Crippen LogP contribution in [-0.2, 0) is 19.1 Å². The Balaban J connectivity index is 2.75. The number of para-hydroxylation sites is 1. The standard InChI is InChI=1S/C33H48N4O5/c1-11-33(9,10)37(30(40)25(18-19-26(34)38)35-31(41)42-32(6,7)8)28(24-17-13-14-20(2)23(24)5)29(39)36-27-21(3)15-12-16-22(27)4/h12-17,25,28H,11,18-19H2,1-10H3,(H2,34,38)(H,35,41)(H,36,39). The SMILES string of the molecule is CCC(C)(C)N(C(=O)C(CCC(N)=O)NC(=O)OC(C)(C)C)C(C(=O)Nc1c(C)cccc1C)c1cccc(C)c1C. The highest BCUT2D eigenvalue weighted by Gasteiger charge is 2.44. The van der Waals surface area contributed by atoms with Gasteiger partial charge >= 0.3 is 6.09 Å². The number of primary amides is 1. The quantitative estimate of drug-likeness (QED) is 0.310. The predicted octanol–water partition coefficient (Wildman–Crippen LogP) is 5.78. The lowest BCUT2D eigenvalue weighted by atomic mass is 9.89. The normalized spacial score (nSPS) is 13.1. The van der Waals surface area contributed by atoms with Crippen molar-refractivity contribution in [1.29, 1.82) is 0 Å². The van der Waals surface area contributed by atoms with E-state index in [1.54, 1.807) is 25.7 Å². The lowest BCUT2D eigenvalue weighted by Gasteiger charge is -2.45. The van der Waals surface area contributed by atoms with Gasteiger partial charge in [-0.15, -0.1) is 0 Å². The molecule has 2 aromatic rings. The summed E-state index contributed by atoms with van der Waals surface area (Å²) in [6.45, 7) is 18.6. The third kappa shape index (κ3) is 8.81. The fourth-order valence-electron chi connectivity index (χ4n) is 4.78. The van der Waals surface area contributed by atoms with Crippen molar-refractivity contribution < 1.29 is 23.9 Å². The number of hydrogen-bond acceptors (Lipinski definition) is 5. The third-order valence-corrected chi connectivity index (χ3v) is 7.60. The first-order chi connectivity index (χ1) is 19.4. The van der Waals surface area contributed by atoms with Crippen LogP contribution >= 0.6 is 0 Å². The number of carbonyl (C=O) groups excluding carboxylic acids is 4. The Morgan fingerprint density at radius 1 is 0.905 bits per heavy atom. The molecule has 0 heterocycles. The van der Waals surface area contributed by atoms with Crippen LogP contribution < -0.4 is 16.4 Å². The van der Waals surface area contributed by atoms with E-state index in [1.165, 1.54) is 0 Å². The number of carbonyl (C=O) groups is 4. The summed E-state index contributed by atoms with van der Waals surface area (Å²) in [5, 5.41) is 5.75. The summed E-state index contributed by atoms with van der Waals surface area (Å²) in [6.07, 6.45) is -0.495. The molecule has 9 heteroatoms. The topological polar surface area (TPSA) is 131 Å². The Bertz CT molecular complexity index is 1290. The molecule has 230 valence electrons. The van der Waals surface area contributed by atoms with E-state index < -0.39 is 41.1 Å². The average molecular weight is 581 g/mol. The van der Waals surface area contributed by atoms with Crippen molar-refractivity contribution in [2.75, 3.05) is 5.32 Å². The van der Waals surface area contributed by atoms with Gasteiger partial charge in [-0.05, 0) is 103 Å². The minimum absolute atomic E-state index is 0.0538. The number of ether oxygens (including phenoxy) is 1. The molecule has 0 aliphatic carbocycles. The molecule has 2 unspecified atom stereocenters. The second-order valence-electron chi connectivity index (χ2n) is 12.5. The van der Waals surface area contributed by atoms with E-state index in [2.05, 4.69) is 10.6 Å². The number of aryl methyl sites for hydroxylation is 3. The molecule has 0 saturated heterocycles. The van der Waals surface area contributed by atoms with Crippen LogP contribution in [0.4, 0.5) is 10.5 Å². The Hall–Kier alpha value is -3.88. The molecule has 0 aliphatic rings. The van der Waals surface area contributed by atoms with E-state index in [0.29, 0.717) is 17.7 Å². The first-order valence-corrected chi connectivity index (χ1v) is 14.4. The van der Waals surface area contributed by atoms with E-state index in [4.69, 9.17) is 10.5 Å². The second kappa shape index (κ2) is 13.9. The lowest BCUT2D eigenvalue weighted by Crippen LogP contribution is -2.59. The number of nitrogens with two attached hydrogens (primary N) is 1. The van der Waals surface area contributed by atoms with Gasteiger partial charge in [0.25, 0.3) is 5.91 Å². The van der Waals surface area contributed by atoms with Crippen molar-refractivity contribution in [3.8, 4) is 0 Å². The molecular weight excluding hydrogens is 532 g/mol. The molecule has 2 rings (SSSR count). The van der Waals surface area contributed by atoms with Crippen LogP contribution in [0.2, 0.25) is 0 Å². The van der Waals surface area contributed by atoms with Crippen molar-refractivity contribution in [3.05, 3.63) is 64.2 Å². The van der Waals surface area contributed by atoms with Crippen LogP contribution in [0.3, 0.4) is 0 Å². The fraction of sp³-hybridized carbons (Fsp3) is 0.515. The van der Waals surface area contributed by atoms with Gasteiger partial charge < -0.3 is 26.0 Å². The maximum atomic E-state index is 14.6. The minimum atomic E-state index is -1.17. The van der Waals surface area contributed by atoms with E-state index in [-0.39, 0.29) is 18.7 Å². The van der Waals surface area contributed by atoms with Gasteiger partial charge in [0.2, 0.25) is 11.8 Å². The van der Waals surface area contributed by atoms with Crippen LogP contribution in [0.5, 0.6) is 0 Å². The first-order valence-electron chi connectivity index (χ1n) is 14.4. The number of nitrogens with zero attached hydrogens (tertiary/aromatic N) is 1. The smallest absolute Gasteiger partial charge is 0.408 e. The van der Waals surface area contributed by atoms with Crippen molar-refractivity contribution in [3.63, 3.8) is 0 Å². The van der Waals surface area contributed by atoms with Crippen molar-refractivity contribution in [2.45, 2.75) is 112 Å². The number of anilines is 1. The Kier molecular flexibility index (Phi) is 11.3. The summed E-state index contributed by atoms with van der Waals surface area (Å²) >= 11 is 0. The van der Waals surface area contributed by atoms with E-state index in [1.807, 2.05) is 84.9 Å². The number of nitrogens with one attached hydrogen (secondary N) is 2. The highest BCUT2D eigenvalue weighted by Crippen LogP contribution is 2.36. The monoisotopic (exact) mass is 580 g/mol. The molecule has 0 radical (unpaired) electrons. The van der Waals surface area contributed by atoms with Gasteiger partial charge in [-0.2, -0.15) is 0 Å². The molecule has 4 amide bonds. The zero-order valence-corrected chi connectivity index (χ0v) is 26.8. The number of alkyl carbamates (subject to hydrolysis) is 1. The number of hydrogen-bond donors (Lipinski definition) is 3. The molecule has 42 heavy (non-hydrogen) atoms. The highest BCUT2D eigenvalue weighted by molar-refractivity contribution is 6.00. The Morgan fingerprint density at radius 2 is 1.45 bits per heavy atom. The molecule has 4 N–H and O–H groups in total. The number of amides is 4. The number of rotatable bonds is 11. The molecule has 2 atom stereocenters. The molecular formula is C33H48N4O5. The molecule has 0 aromatic heterocycles. The summed E-state index contributed by atoms with van der Waals surface area (Å²) < 4.78 is 5.43. The summed E-state index contributed by atoms with van der Waals surface area (Å²) in [5.74, 6) is -1.52. The van der Waals surface area contributed by atoms with Gasteiger partial charge in [0.1, 0.15) is 17.7 Å². The van der Waals surface area contributed by atoms with Crippen molar-refractivity contribution in [1.82, 2.24) is 10.2 Å². The summed E-state index contributed by atoms with van der Waals surface area (Å²) in [5.41, 5.74) is 8.76. The van der Waals surface area contributed by atoms with Gasteiger partial charge in [0.05, 0.1) is 0 Å². The predicted molar refractivity (Wildman–Crippen MR) is 166 cm³/mol. The fourth-order valence-corrected chi connectivity index (χ4v) is 4.78. The molecule has 9 nitrogen and oxygen atoms in total. The van der Waals surface area contributed by atoms with E-state index in [0.717, 1.165) is 22.3 Å². The van der Waals surface area contributed by atoms with Crippen molar-refractivity contribution >= 4 is 29.5 Å². The van der Waals surface area contributed by atoms with Crippen LogP contribution in [0.15, 0.2) is 36.4 Å². The third-order valence-electron chi connectivity index (χ3n) is 7.60. The highest BCUT2D eigenvalue weighted by atomic mass is 16.6. The zero-order valence-electron chi connectivity index (χ0n) is 26.8. The van der Waals surface area contributed by atoms with Crippen molar-refractivity contribution in [2.24, 2.45) is 5.73 Å². The van der Waals surface area contributed by atoms with Crippen LogP contribution in [0.1, 0.15) is 94.7 Å². The largest absolute Gasteiger partial charge is 0.444 e. The van der Waals surface area contributed by atoms with Gasteiger partial charge in [-0.1, -0.05) is 43.3 Å². The molecule has 0 bridgehead atoms.